The molecule has 22 heavy (non-hydrogen) atoms. The number of nitrogens with zero attached hydrogens (tertiary/aromatic N) is 4. The normalized spacial score (nSPS) is 14.3. The molecule has 0 saturated carbocycles. The van der Waals surface area contributed by atoms with Crippen molar-refractivity contribution in [1.29, 1.82) is 0 Å². The molecule has 3 aromatic rings. The number of aromatic nitrogens is 4. The third kappa shape index (κ3) is 2.26. The molecule has 0 spiro atoms. The second kappa shape index (κ2) is 5.30. The Kier molecular flexibility index (Phi) is 3.15. The minimum atomic E-state index is 0.841. The van der Waals surface area contributed by atoms with Gasteiger partial charge in [0.15, 0.2) is 0 Å². The fraction of sp³-hybridized carbons (Fsp3) is 0.222. The summed E-state index contributed by atoms with van der Waals surface area (Å²) in [4.78, 5) is 9.04. The third-order valence-electron chi connectivity index (χ3n) is 4.07. The van der Waals surface area contributed by atoms with Gasteiger partial charge >= 0.3 is 0 Å². The summed E-state index contributed by atoms with van der Waals surface area (Å²) >= 11 is 0. The van der Waals surface area contributed by atoms with Crippen LogP contribution in [0.2, 0.25) is 0 Å². The predicted octanol–water partition coefficient (Wildman–Crippen LogP) is 3.50. The quantitative estimate of drug-likeness (QED) is 0.687. The number of benzene rings is 1. The first-order valence-corrected chi connectivity index (χ1v) is 7.56. The molecular formula is C18H16N4. The molecule has 0 N–H and O–H groups in total. The molecule has 2 aromatic heterocycles. The van der Waals surface area contributed by atoms with Gasteiger partial charge in [0, 0.05) is 17.1 Å². The van der Waals surface area contributed by atoms with Crippen LogP contribution in [0.15, 0.2) is 42.7 Å². The summed E-state index contributed by atoms with van der Waals surface area (Å²) in [5.41, 5.74) is 5.65. The Labute approximate surface area is 129 Å². The molecule has 0 bridgehead atoms. The summed E-state index contributed by atoms with van der Waals surface area (Å²) in [6.45, 7) is 1.95. The number of hydrogen-bond acceptors (Lipinski definition) is 4. The summed E-state index contributed by atoms with van der Waals surface area (Å²) in [5, 5.41) is 9.18. The van der Waals surface area contributed by atoms with E-state index in [9.17, 15) is 0 Å². The smallest absolute Gasteiger partial charge is 0.125 e. The molecule has 4 heteroatoms. The molecule has 0 saturated heterocycles. The van der Waals surface area contributed by atoms with Gasteiger partial charge < -0.3 is 0 Å². The summed E-state index contributed by atoms with van der Waals surface area (Å²) in [7, 11) is 0. The zero-order valence-electron chi connectivity index (χ0n) is 12.5. The van der Waals surface area contributed by atoms with E-state index in [2.05, 4.69) is 38.4 Å². The van der Waals surface area contributed by atoms with Crippen LogP contribution in [-0.4, -0.2) is 20.2 Å². The number of rotatable bonds is 1. The van der Waals surface area contributed by atoms with Gasteiger partial charge in [-0.3, -0.25) is 0 Å². The molecule has 4 rings (SSSR count). The van der Waals surface area contributed by atoms with E-state index in [0.717, 1.165) is 47.2 Å². The van der Waals surface area contributed by atoms with E-state index >= 15 is 0 Å². The highest BCUT2D eigenvalue weighted by Crippen LogP contribution is 2.30. The Bertz CT molecular complexity index is 883. The van der Waals surface area contributed by atoms with E-state index in [1.54, 1.807) is 6.20 Å². The Morgan fingerprint density at radius 2 is 2.09 bits per heavy atom. The lowest BCUT2D eigenvalue weighted by atomic mass is 9.96. The van der Waals surface area contributed by atoms with Gasteiger partial charge in [0.25, 0.3) is 0 Å². The van der Waals surface area contributed by atoms with Crippen LogP contribution >= 0.6 is 0 Å². The summed E-state index contributed by atoms with van der Waals surface area (Å²) in [5.74, 6) is 0.841. The van der Waals surface area contributed by atoms with Crippen molar-refractivity contribution in [3.05, 3.63) is 65.4 Å². The van der Waals surface area contributed by atoms with Gasteiger partial charge in [0.05, 0.1) is 17.4 Å². The number of hydrogen-bond donors (Lipinski definition) is 0. The van der Waals surface area contributed by atoms with Gasteiger partial charge in [-0.05, 0) is 55.5 Å². The van der Waals surface area contributed by atoms with Crippen LogP contribution in [0.4, 0.5) is 0 Å². The molecule has 0 fully saturated rings. The van der Waals surface area contributed by atoms with Crippen LogP contribution in [0.5, 0.6) is 0 Å². The summed E-state index contributed by atoms with van der Waals surface area (Å²) in [6.07, 6.45) is 9.21. The van der Waals surface area contributed by atoms with Crippen molar-refractivity contribution in [1.82, 2.24) is 20.2 Å². The first-order valence-electron chi connectivity index (χ1n) is 7.56. The topological polar surface area (TPSA) is 51.6 Å². The van der Waals surface area contributed by atoms with E-state index in [4.69, 9.17) is 0 Å². The van der Waals surface area contributed by atoms with E-state index in [1.165, 1.54) is 11.1 Å². The highest BCUT2D eigenvalue weighted by molar-refractivity contribution is 5.87. The second-order valence-corrected chi connectivity index (χ2v) is 5.59. The zero-order chi connectivity index (χ0) is 14.9. The van der Waals surface area contributed by atoms with Crippen molar-refractivity contribution in [2.45, 2.75) is 26.2 Å². The molecule has 0 radical (unpaired) electrons. The fourth-order valence-corrected chi connectivity index (χ4v) is 2.99. The lowest BCUT2D eigenvalue weighted by molar-refractivity contribution is 0.812. The molecule has 1 aromatic carbocycles. The van der Waals surface area contributed by atoms with Crippen molar-refractivity contribution in [3.63, 3.8) is 0 Å². The van der Waals surface area contributed by atoms with Crippen LogP contribution in [0, 0.1) is 6.92 Å². The Balaban J connectivity index is 1.88. The minimum Gasteiger partial charge on any atom is -0.241 e. The van der Waals surface area contributed by atoms with Crippen LogP contribution < -0.4 is 0 Å². The van der Waals surface area contributed by atoms with Crippen molar-refractivity contribution >= 4 is 16.5 Å². The van der Waals surface area contributed by atoms with Crippen molar-refractivity contribution in [3.8, 4) is 0 Å². The van der Waals surface area contributed by atoms with Gasteiger partial charge in [0.1, 0.15) is 5.82 Å². The molecule has 0 unspecified atom stereocenters. The predicted molar refractivity (Wildman–Crippen MR) is 86.3 cm³/mol. The fourth-order valence-electron chi connectivity index (χ4n) is 2.99. The molecule has 0 amide bonds. The van der Waals surface area contributed by atoms with Gasteiger partial charge in [-0.1, -0.05) is 12.1 Å². The maximum Gasteiger partial charge on any atom is 0.125 e. The zero-order valence-corrected chi connectivity index (χ0v) is 12.5. The van der Waals surface area contributed by atoms with Gasteiger partial charge in [-0.2, -0.15) is 10.2 Å². The van der Waals surface area contributed by atoms with Crippen LogP contribution in [0.25, 0.3) is 16.5 Å². The molecule has 0 aliphatic heterocycles. The summed E-state index contributed by atoms with van der Waals surface area (Å²) in [6, 6.07) is 8.30. The Hall–Kier alpha value is -2.62. The average Bonchev–Trinajstić information content (AvgIpc) is 2.76. The minimum absolute atomic E-state index is 0.841. The highest BCUT2D eigenvalue weighted by atomic mass is 15.1. The van der Waals surface area contributed by atoms with Crippen LogP contribution in [0.3, 0.4) is 0 Å². The van der Waals surface area contributed by atoms with Crippen molar-refractivity contribution in [2.24, 2.45) is 0 Å². The lowest BCUT2D eigenvalue weighted by Gasteiger charge is -2.11. The standard InChI is InChI=1S/C18H16N4/c1-12-19-11-16-15(4-2-3-5-18(16)21-12)13-6-7-17-14(10-13)8-9-20-22-17/h4,6-11H,2-3,5H2,1H3. The first kappa shape index (κ1) is 13.1. The molecule has 0 atom stereocenters. The second-order valence-electron chi connectivity index (χ2n) is 5.59. The maximum absolute atomic E-state index is 4.64. The van der Waals surface area contributed by atoms with Crippen molar-refractivity contribution < 1.29 is 0 Å². The summed E-state index contributed by atoms with van der Waals surface area (Å²) < 4.78 is 0. The van der Waals surface area contributed by atoms with E-state index < -0.39 is 0 Å². The third-order valence-corrected chi connectivity index (χ3v) is 4.07. The number of allylic oxidation sites excluding steroid dienone is 1. The van der Waals surface area contributed by atoms with Gasteiger partial charge in [-0.15, -0.1) is 0 Å². The van der Waals surface area contributed by atoms with Crippen LogP contribution in [0.1, 0.15) is 35.5 Å². The molecule has 4 nitrogen and oxygen atoms in total. The van der Waals surface area contributed by atoms with Crippen molar-refractivity contribution in [2.75, 3.05) is 0 Å². The number of fused-ring (bicyclic) bond motifs is 2. The van der Waals surface area contributed by atoms with Crippen LogP contribution in [-0.2, 0) is 6.42 Å². The highest BCUT2D eigenvalue weighted by Gasteiger charge is 2.15. The molecule has 108 valence electrons. The van der Waals surface area contributed by atoms with E-state index in [1.807, 2.05) is 25.3 Å². The molecular weight excluding hydrogens is 272 g/mol. The van der Waals surface area contributed by atoms with E-state index in [0.29, 0.717) is 0 Å². The molecule has 1 aliphatic carbocycles. The Morgan fingerprint density at radius 1 is 1.14 bits per heavy atom. The van der Waals surface area contributed by atoms with Gasteiger partial charge in [-0.25, -0.2) is 9.97 Å². The SMILES string of the molecule is Cc1ncc2c(n1)CCCC=C2c1ccc2nnccc2c1. The van der Waals surface area contributed by atoms with E-state index in [-0.39, 0.29) is 0 Å². The maximum atomic E-state index is 4.64. The monoisotopic (exact) mass is 288 g/mol. The first-order chi connectivity index (χ1) is 10.8. The Morgan fingerprint density at radius 3 is 3.05 bits per heavy atom. The largest absolute Gasteiger partial charge is 0.241 e. The number of aryl methyl sites for hydroxylation is 2. The molecule has 1 aliphatic rings. The average molecular weight is 288 g/mol. The lowest BCUT2D eigenvalue weighted by Crippen LogP contribution is -2.01. The van der Waals surface area contributed by atoms with Gasteiger partial charge in [0.2, 0.25) is 0 Å². The molecule has 2 heterocycles.